The fourth-order valence-corrected chi connectivity index (χ4v) is 3.87. The van der Waals surface area contributed by atoms with Crippen molar-refractivity contribution in [2.75, 3.05) is 26.8 Å². The zero-order chi connectivity index (χ0) is 15.2. The molecule has 2 rings (SSSR count). The lowest BCUT2D eigenvalue weighted by atomic mass is 9.96. The van der Waals surface area contributed by atoms with E-state index in [2.05, 4.69) is 22.5 Å². The summed E-state index contributed by atoms with van der Waals surface area (Å²) in [6.07, 6.45) is 5.85. The van der Waals surface area contributed by atoms with Crippen LogP contribution in [0.4, 0.5) is 0 Å². The number of hydrogen-bond acceptors (Lipinski definition) is 4. The Morgan fingerprint density at radius 2 is 2.05 bits per heavy atom. The Balaban J connectivity index is 1.83. The van der Waals surface area contributed by atoms with Crippen molar-refractivity contribution in [2.24, 2.45) is 0 Å². The van der Waals surface area contributed by atoms with Crippen LogP contribution in [0.25, 0.3) is 0 Å². The molecule has 2 bridgehead atoms. The van der Waals surface area contributed by atoms with Crippen LogP contribution in [0.1, 0.15) is 46.0 Å². The van der Waals surface area contributed by atoms with Crippen LogP contribution in [0.2, 0.25) is 0 Å². The van der Waals surface area contributed by atoms with Crippen LogP contribution in [-0.4, -0.2) is 61.8 Å². The van der Waals surface area contributed by atoms with E-state index in [9.17, 15) is 4.79 Å². The first kappa shape index (κ1) is 16.7. The summed E-state index contributed by atoms with van der Waals surface area (Å²) in [5.41, 5.74) is 0. The van der Waals surface area contributed by atoms with Gasteiger partial charge in [0.25, 0.3) is 0 Å². The number of carbonyl (C=O) groups excluding carboxylic acids is 1. The summed E-state index contributed by atoms with van der Waals surface area (Å²) in [4.78, 5) is 14.7. The van der Waals surface area contributed by atoms with Gasteiger partial charge < -0.3 is 15.4 Å². The Kier molecular flexibility index (Phi) is 6.45. The number of nitrogens with zero attached hydrogens (tertiary/aromatic N) is 1. The number of methoxy groups -OCH3 is 1. The minimum atomic E-state index is -0.0416. The molecule has 0 aromatic rings. The van der Waals surface area contributed by atoms with Gasteiger partial charge in [-0.2, -0.15) is 0 Å². The average molecular weight is 297 g/mol. The summed E-state index contributed by atoms with van der Waals surface area (Å²) in [6.45, 7) is 6.55. The molecule has 5 nitrogen and oxygen atoms in total. The molecule has 3 unspecified atom stereocenters. The highest BCUT2D eigenvalue weighted by molar-refractivity contribution is 5.81. The molecule has 2 aliphatic rings. The molecule has 0 aromatic heterocycles. The van der Waals surface area contributed by atoms with E-state index >= 15 is 0 Å². The fourth-order valence-electron chi connectivity index (χ4n) is 3.87. The third-order valence-corrected chi connectivity index (χ3v) is 4.98. The summed E-state index contributed by atoms with van der Waals surface area (Å²) in [6, 6.07) is 1.84. The van der Waals surface area contributed by atoms with Crippen LogP contribution in [0.5, 0.6) is 0 Å². The van der Waals surface area contributed by atoms with Gasteiger partial charge in [-0.15, -0.1) is 0 Å². The molecular formula is C16H31N3O2. The molecular weight excluding hydrogens is 266 g/mol. The van der Waals surface area contributed by atoms with Gasteiger partial charge >= 0.3 is 0 Å². The van der Waals surface area contributed by atoms with E-state index in [-0.39, 0.29) is 11.9 Å². The van der Waals surface area contributed by atoms with Crippen molar-refractivity contribution < 1.29 is 9.53 Å². The van der Waals surface area contributed by atoms with Crippen LogP contribution in [0.3, 0.4) is 0 Å². The van der Waals surface area contributed by atoms with Gasteiger partial charge in [0.2, 0.25) is 5.91 Å². The zero-order valence-corrected chi connectivity index (χ0v) is 13.7. The third-order valence-electron chi connectivity index (χ3n) is 4.98. The molecule has 5 heteroatoms. The monoisotopic (exact) mass is 297 g/mol. The lowest BCUT2D eigenvalue weighted by molar-refractivity contribution is -0.127. The smallest absolute Gasteiger partial charge is 0.237 e. The largest absolute Gasteiger partial charge is 0.385 e. The van der Waals surface area contributed by atoms with Gasteiger partial charge in [-0.1, -0.05) is 6.92 Å². The molecule has 0 aliphatic carbocycles. The van der Waals surface area contributed by atoms with Crippen molar-refractivity contribution >= 4 is 5.91 Å². The van der Waals surface area contributed by atoms with E-state index in [1.807, 2.05) is 6.92 Å². The summed E-state index contributed by atoms with van der Waals surface area (Å²) in [5, 5.41) is 6.71. The van der Waals surface area contributed by atoms with E-state index in [0.717, 1.165) is 13.0 Å². The number of hydrogen-bond donors (Lipinski definition) is 2. The van der Waals surface area contributed by atoms with Gasteiger partial charge in [0.15, 0.2) is 0 Å². The van der Waals surface area contributed by atoms with Crippen molar-refractivity contribution in [3.63, 3.8) is 0 Å². The van der Waals surface area contributed by atoms with Gasteiger partial charge in [0.05, 0.1) is 6.04 Å². The zero-order valence-electron chi connectivity index (χ0n) is 13.7. The Hall–Kier alpha value is -0.650. The second-order valence-electron chi connectivity index (χ2n) is 6.41. The van der Waals surface area contributed by atoms with Gasteiger partial charge in [0.1, 0.15) is 0 Å². The SMILES string of the molecule is CCN(C1CC2CCC(C1)N2)C(C)C(=O)NCCCOC. The predicted molar refractivity (Wildman–Crippen MR) is 84.3 cm³/mol. The first-order chi connectivity index (χ1) is 10.2. The van der Waals surface area contributed by atoms with Crippen LogP contribution in [0.15, 0.2) is 0 Å². The lowest BCUT2D eigenvalue weighted by Crippen LogP contribution is -2.54. The summed E-state index contributed by atoms with van der Waals surface area (Å²) in [5.74, 6) is 0.152. The van der Waals surface area contributed by atoms with Crippen molar-refractivity contribution in [2.45, 2.75) is 70.1 Å². The van der Waals surface area contributed by atoms with E-state index in [1.54, 1.807) is 7.11 Å². The highest BCUT2D eigenvalue weighted by Crippen LogP contribution is 2.30. The van der Waals surface area contributed by atoms with Gasteiger partial charge in [-0.25, -0.2) is 0 Å². The van der Waals surface area contributed by atoms with E-state index in [1.165, 1.54) is 25.7 Å². The van der Waals surface area contributed by atoms with Crippen LogP contribution in [-0.2, 0) is 9.53 Å². The number of nitrogens with one attached hydrogen (secondary N) is 2. The minimum Gasteiger partial charge on any atom is -0.385 e. The third kappa shape index (κ3) is 4.41. The first-order valence-corrected chi connectivity index (χ1v) is 8.44. The number of rotatable bonds is 8. The number of piperidine rings is 1. The molecule has 2 N–H and O–H groups in total. The van der Waals surface area contributed by atoms with Crippen molar-refractivity contribution in [3.05, 3.63) is 0 Å². The molecule has 0 radical (unpaired) electrons. The van der Waals surface area contributed by atoms with Crippen LogP contribution in [0, 0.1) is 0 Å². The van der Waals surface area contributed by atoms with Crippen molar-refractivity contribution in [1.82, 2.24) is 15.5 Å². The van der Waals surface area contributed by atoms with E-state index in [4.69, 9.17) is 4.74 Å². The topological polar surface area (TPSA) is 53.6 Å². The maximum Gasteiger partial charge on any atom is 0.237 e. The second-order valence-corrected chi connectivity index (χ2v) is 6.41. The van der Waals surface area contributed by atoms with Crippen molar-refractivity contribution in [1.29, 1.82) is 0 Å². The molecule has 122 valence electrons. The minimum absolute atomic E-state index is 0.0416. The lowest BCUT2D eigenvalue weighted by Gasteiger charge is -2.40. The molecule has 1 amide bonds. The summed E-state index contributed by atoms with van der Waals surface area (Å²) >= 11 is 0. The number of likely N-dealkylation sites (N-methyl/N-ethyl adjacent to an activating group) is 1. The fraction of sp³-hybridized carbons (Fsp3) is 0.938. The van der Waals surface area contributed by atoms with E-state index in [0.29, 0.717) is 31.3 Å². The molecule has 3 atom stereocenters. The number of fused-ring (bicyclic) bond motifs is 2. The highest BCUT2D eigenvalue weighted by atomic mass is 16.5. The normalized spacial score (nSPS) is 29.6. The Morgan fingerprint density at radius 1 is 1.38 bits per heavy atom. The summed E-state index contributed by atoms with van der Waals surface area (Å²) in [7, 11) is 1.69. The molecule has 0 aromatic carbocycles. The first-order valence-electron chi connectivity index (χ1n) is 8.44. The van der Waals surface area contributed by atoms with Gasteiger partial charge in [-0.3, -0.25) is 9.69 Å². The van der Waals surface area contributed by atoms with Crippen LogP contribution >= 0.6 is 0 Å². The quantitative estimate of drug-likeness (QED) is 0.660. The average Bonchev–Trinajstić information content (AvgIpc) is 2.82. The number of carbonyl (C=O) groups is 1. The Bertz CT molecular complexity index is 325. The molecule has 0 saturated carbocycles. The second kappa shape index (κ2) is 8.11. The standard InChI is InChI=1S/C16H31N3O2/c1-4-19(12(2)16(20)17-8-5-9-21-3)15-10-13-6-7-14(11-15)18-13/h12-15,18H,4-11H2,1-3H3,(H,17,20). The van der Waals surface area contributed by atoms with Gasteiger partial charge in [0, 0.05) is 38.4 Å². The number of ether oxygens (including phenoxy) is 1. The maximum atomic E-state index is 12.3. The molecule has 2 fully saturated rings. The number of amides is 1. The van der Waals surface area contributed by atoms with Crippen LogP contribution < -0.4 is 10.6 Å². The predicted octanol–water partition coefficient (Wildman–Crippen LogP) is 1.13. The van der Waals surface area contributed by atoms with Gasteiger partial charge in [-0.05, 0) is 45.6 Å². The summed E-state index contributed by atoms with van der Waals surface area (Å²) < 4.78 is 5.01. The highest BCUT2D eigenvalue weighted by Gasteiger charge is 2.37. The molecule has 2 saturated heterocycles. The molecule has 0 spiro atoms. The maximum absolute atomic E-state index is 12.3. The Morgan fingerprint density at radius 3 is 2.62 bits per heavy atom. The van der Waals surface area contributed by atoms with Crippen molar-refractivity contribution in [3.8, 4) is 0 Å². The molecule has 2 heterocycles. The Labute approximate surface area is 128 Å². The molecule has 2 aliphatic heterocycles. The van der Waals surface area contributed by atoms with E-state index < -0.39 is 0 Å². The molecule has 21 heavy (non-hydrogen) atoms.